The second kappa shape index (κ2) is 6.23. The van der Waals surface area contributed by atoms with E-state index < -0.39 is 0 Å². The van der Waals surface area contributed by atoms with Crippen LogP contribution < -0.4 is 5.73 Å². The molecular formula is C14H18N4. The summed E-state index contributed by atoms with van der Waals surface area (Å²) in [5.41, 5.74) is 9.11. The summed E-state index contributed by atoms with van der Waals surface area (Å²) in [6, 6.07) is 8.10. The summed E-state index contributed by atoms with van der Waals surface area (Å²) in [7, 11) is 2.09. The molecule has 0 unspecified atom stereocenters. The van der Waals surface area contributed by atoms with Crippen molar-refractivity contribution in [3.05, 3.63) is 59.7 Å². The Hall–Kier alpha value is -1.78. The maximum Gasteiger partial charge on any atom is 0.0584 e. The van der Waals surface area contributed by atoms with E-state index in [9.17, 15) is 0 Å². The number of hydrogen-bond acceptors (Lipinski definition) is 4. The van der Waals surface area contributed by atoms with E-state index in [1.54, 1.807) is 6.20 Å². The lowest BCUT2D eigenvalue weighted by atomic mass is 10.1. The van der Waals surface area contributed by atoms with Crippen molar-refractivity contribution in [3.8, 4) is 0 Å². The van der Waals surface area contributed by atoms with Crippen molar-refractivity contribution in [3.63, 3.8) is 0 Å². The first kappa shape index (κ1) is 12.7. The van der Waals surface area contributed by atoms with Gasteiger partial charge in [-0.2, -0.15) is 0 Å². The van der Waals surface area contributed by atoms with Crippen molar-refractivity contribution in [1.82, 2.24) is 14.9 Å². The maximum atomic E-state index is 5.69. The zero-order valence-corrected chi connectivity index (χ0v) is 10.6. The van der Waals surface area contributed by atoms with Gasteiger partial charge in [-0.1, -0.05) is 6.07 Å². The normalized spacial score (nSPS) is 10.8. The topological polar surface area (TPSA) is 55.0 Å². The molecule has 2 rings (SSSR count). The highest BCUT2D eigenvalue weighted by Gasteiger charge is 2.05. The molecule has 0 amide bonds. The number of nitrogens with zero attached hydrogens (tertiary/aromatic N) is 3. The summed E-state index contributed by atoms with van der Waals surface area (Å²) in [5, 5.41) is 0. The van der Waals surface area contributed by atoms with E-state index in [1.807, 2.05) is 30.6 Å². The lowest BCUT2D eigenvalue weighted by Crippen LogP contribution is -2.19. The van der Waals surface area contributed by atoms with Crippen molar-refractivity contribution in [1.29, 1.82) is 0 Å². The molecule has 2 heterocycles. The molecule has 2 aromatic heterocycles. The Morgan fingerprint density at radius 3 is 2.61 bits per heavy atom. The quantitative estimate of drug-likeness (QED) is 0.864. The zero-order valence-electron chi connectivity index (χ0n) is 10.6. The molecule has 4 heteroatoms. The van der Waals surface area contributed by atoms with Gasteiger partial charge in [-0.25, -0.2) is 0 Å². The van der Waals surface area contributed by atoms with Gasteiger partial charge in [-0.05, 0) is 36.4 Å². The Balaban J connectivity index is 2.01. The number of nitrogens with two attached hydrogens (primary N) is 1. The van der Waals surface area contributed by atoms with Crippen molar-refractivity contribution in [2.45, 2.75) is 19.6 Å². The van der Waals surface area contributed by atoms with Crippen molar-refractivity contribution in [2.75, 3.05) is 7.05 Å². The van der Waals surface area contributed by atoms with Crippen molar-refractivity contribution in [2.24, 2.45) is 5.73 Å². The van der Waals surface area contributed by atoms with Gasteiger partial charge in [0.1, 0.15) is 0 Å². The maximum absolute atomic E-state index is 5.69. The Labute approximate surface area is 107 Å². The molecule has 0 aliphatic heterocycles. The molecule has 94 valence electrons. The minimum Gasteiger partial charge on any atom is -0.325 e. The van der Waals surface area contributed by atoms with E-state index in [-0.39, 0.29) is 0 Å². The largest absolute Gasteiger partial charge is 0.325 e. The van der Waals surface area contributed by atoms with Crippen LogP contribution in [0.1, 0.15) is 16.8 Å². The molecule has 4 nitrogen and oxygen atoms in total. The number of hydrogen-bond donors (Lipinski definition) is 1. The minimum absolute atomic E-state index is 0.485. The van der Waals surface area contributed by atoms with E-state index in [4.69, 9.17) is 5.73 Å². The van der Waals surface area contributed by atoms with Crippen molar-refractivity contribution >= 4 is 0 Å². The second-order valence-corrected chi connectivity index (χ2v) is 4.34. The SMILES string of the molecule is CN(Cc1ccncc1)Cc1cccnc1CN. The van der Waals surface area contributed by atoms with Crippen LogP contribution in [-0.2, 0) is 19.6 Å². The average molecular weight is 242 g/mol. The van der Waals surface area contributed by atoms with Crippen LogP contribution in [0.2, 0.25) is 0 Å². The van der Waals surface area contributed by atoms with Gasteiger partial charge in [0.2, 0.25) is 0 Å². The fraction of sp³-hybridized carbons (Fsp3) is 0.286. The fourth-order valence-corrected chi connectivity index (χ4v) is 1.95. The van der Waals surface area contributed by atoms with E-state index in [0.717, 1.165) is 18.8 Å². The summed E-state index contributed by atoms with van der Waals surface area (Å²) >= 11 is 0. The highest BCUT2D eigenvalue weighted by atomic mass is 15.1. The number of pyridine rings is 2. The molecule has 0 saturated heterocycles. The number of aromatic nitrogens is 2. The van der Waals surface area contributed by atoms with Gasteiger partial charge >= 0.3 is 0 Å². The Morgan fingerprint density at radius 2 is 1.89 bits per heavy atom. The van der Waals surface area contributed by atoms with Crippen LogP contribution in [-0.4, -0.2) is 21.9 Å². The van der Waals surface area contributed by atoms with Crippen LogP contribution in [0.5, 0.6) is 0 Å². The first-order chi connectivity index (χ1) is 8.79. The van der Waals surface area contributed by atoms with Crippen LogP contribution in [0.3, 0.4) is 0 Å². The van der Waals surface area contributed by atoms with Gasteiger partial charge in [0, 0.05) is 38.2 Å². The van der Waals surface area contributed by atoms with Crippen LogP contribution in [0.15, 0.2) is 42.9 Å². The molecule has 2 N–H and O–H groups in total. The van der Waals surface area contributed by atoms with E-state index in [1.165, 1.54) is 11.1 Å². The van der Waals surface area contributed by atoms with Crippen LogP contribution in [0.4, 0.5) is 0 Å². The van der Waals surface area contributed by atoms with Crippen LogP contribution >= 0.6 is 0 Å². The first-order valence-corrected chi connectivity index (χ1v) is 6.00. The number of rotatable bonds is 5. The van der Waals surface area contributed by atoms with Crippen LogP contribution in [0, 0.1) is 0 Å². The van der Waals surface area contributed by atoms with Gasteiger partial charge in [-0.15, -0.1) is 0 Å². The van der Waals surface area contributed by atoms with Gasteiger partial charge in [0.15, 0.2) is 0 Å². The summed E-state index contributed by atoms with van der Waals surface area (Å²) in [5.74, 6) is 0. The smallest absolute Gasteiger partial charge is 0.0584 e. The molecule has 0 fully saturated rings. The Bertz CT molecular complexity index is 484. The lowest BCUT2D eigenvalue weighted by Gasteiger charge is -2.18. The third kappa shape index (κ3) is 3.35. The average Bonchev–Trinajstić information content (AvgIpc) is 2.40. The first-order valence-electron chi connectivity index (χ1n) is 6.00. The highest BCUT2D eigenvalue weighted by molar-refractivity contribution is 5.19. The minimum atomic E-state index is 0.485. The van der Waals surface area contributed by atoms with Gasteiger partial charge in [-0.3, -0.25) is 14.9 Å². The van der Waals surface area contributed by atoms with E-state index >= 15 is 0 Å². The molecule has 0 radical (unpaired) electrons. The molecule has 0 aromatic carbocycles. The summed E-state index contributed by atoms with van der Waals surface area (Å²) < 4.78 is 0. The van der Waals surface area contributed by atoms with E-state index in [2.05, 4.69) is 28.0 Å². The third-order valence-corrected chi connectivity index (χ3v) is 2.82. The standard InChI is InChI=1S/C14H18N4/c1-18(10-12-4-7-16-8-5-12)11-13-3-2-6-17-14(13)9-15/h2-8H,9-11,15H2,1H3. The molecule has 0 bridgehead atoms. The molecule has 0 aliphatic carbocycles. The van der Waals surface area contributed by atoms with Gasteiger partial charge in [0.25, 0.3) is 0 Å². The summed E-state index contributed by atoms with van der Waals surface area (Å²) in [6.45, 7) is 2.23. The molecule has 0 saturated carbocycles. The fourth-order valence-electron chi connectivity index (χ4n) is 1.95. The summed E-state index contributed by atoms with van der Waals surface area (Å²) in [6.07, 6.45) is 5.42. The Kier molecular flexibility index (Phi) is 4.39. The Morgan fingerprint density at radius 1 is 1.11 bits per heavy atom. The van der Waals surface area contributed by atoms with Gasteiger partial charge < -0.3 is 5.73 Å². The monoisotopic (exact) mass is 242 g/mol. The third-order valence-electron chi connectivity index (χ3n) is 2.82. The molecule has 2 aromatic rings. The molecule has 0 spiro atoms. The predicted molar refractivity (Wildman–Crippen MR) is 71.5 cm³/mol. The molecular weight excluding hydrogens is 224 g/mol. The zero-order chi connectivity index (χ0) is 12.8. The van der Waals surface area contributed by atoms with Crippen molar-refractivity contribution < 1.29 is 0 Å². The molecule has 18 heavy (non-hydrogen) atoms. The van der Waals surface area contributed by atoms with E-state index in [0.29, 0.717) is 6.54 Å². The molecule has 0 atom stereocenters. The van der Waals surface area contributed by atoms with Crippen LogP contribution in [0.25, 0.3) is 0 Å². The highest BCUT2D eigenvalue weighted by Crippen LogP contribution is 2.10. The predicted octanol–water partition coefficient (Wildman–Crippen LogP) is 1.57. The van der Waals surface area contributed by atoms with Gasteiger partial charge in [0.05, 0.1) is 5.69 Å². The summed E-state index contributed by atoms with van der Waals surface area (Å²) in [4.78, 5) is 10.6. The lowest BCUT2D eigenvalue weighted by molar-refractivity contribution is 0.317. The second-order valence-electron chi connectivity index (χ2n) is 4.34. The molecule has 0 aliphatic rings.